The SMILES string of the molecule is CCOc1nn(CC(=O)[O-])c(=O)c2ccccc12. The summed E-state index contributed by atoms with van der Waals surface area (Å²) in [7, 11) is 0. The molecule has 0 fully saturated rings. The molecule has 2 aromatic rings. The number of ether oxygens (including phenoxy) is 1. The second-order valence-electron chi connectivity index (χ2n) is 3.62. The molecule has 0 spiro atoms. The molecule has 0 aliphatic rings. The maximum atomic E-state index is 12.0. The molecule has 2 rings (SSSR count). The zero-order chi connectivity index (χ0) is 13.1. The van der Waals surface area contributed by atoms with Gasteiger partial charge in [-0.2, -0.15) is 0 Å². The van der Waals surface area contributed by atoms with Crippen LogP contribution in [0.3, 0.4) is 0 Å². The van der Waals surface area contributed by atoms with E-state index in [1.54, 1.807) is 31.2 Å². The molecule has 0 amide bonds. The third-order valence-electron chi connectivity index (χ3n) is 2.39. The maximum Gasteiger partial charge on any atom is 0.275 e. The van der Waals surface area contributed by atoms with E-state index in [2.05, 4.69) is 5.10 Å². The number of hydrogen-bond acceptors (Lipinski definition) is 5. The molecule has 0 atom stereocenters. The Hall–Kier alpha value is -2.37. The Kier molecular flexibility index (Phi) is 3.27. The predicted molar refractivity (Wildman–Crippen MR) is 62.2 cm³/mol. The van der Waals surface area contributed by atoms with Crippen LogP contribution in [0.1, 0.15) is 6.92 Å². The summed E-state index contributed by atoms with van der Waals surface area (Å²) in [6.07, 6.45) is 0. The van der Waals surface area contributed by atoms with Crippen molar-refractivity contribution in [3.8, 4) is 5.88 Å². The van der Waals surface area contributed by atoms with Crippen LogP contribution in [0.2, 0.25) is 0 Å². The van der Waals surface area contributed by atoms with Crippen LogP contribution in [0.25, 0.3) is 10.8 Å². The lowest BCUT2D eigenvalue weighted by atomic mass is 10.2. The van der Waals surface area contributed by atoms with Crippen LogP contribution in [0.4, 0.5) is 0 Å². The van der Waals surface area contributed by atoms with Gasteiger partial charge in [-0.15, -0.1) is 5.10 Å². The highest BCUT2D eigenvalue weighted by Crippen LogP contribution is 2.19. The van der Waals surface area contributed by atoms with Crippen molar-refractivity contribution < 1.29 is 14.6 Å². The second-order valence-corrected chi connectivity index (χ2v) is 3.62. The number of hydrogen-bond donors (Lipinski definition) is 0. The maximum absolute atomic E-state index is 12.0. The number of carbonyl (C=O) groups is 1. The summed E-state index contributed by atoms with van der Waals surface area (Å²) >= 11 is 0. The molecular weight excluding hydrogens is 236 g/mol. The highest BCUT2D eigenvalue weighted by molar-refractivity contribution is 5.85. The topological polar surface area (TPSA) is 84.2 Å². The monoisotopic (exact) mass is 247 g/mol. The molecule has 1 heterocycles. The summed E-state index contributed by atoms with van der Waals surface area (Å²) in [6.45, 7) is 1.56. The minimum Gasteiger partial charge on any atom is -0.548 e. The first-order chi connectivity index (χ1) is 8.63. The van der Waals surface area contributed by atoms with E-state index < -0.39 is 18.1 Å². The molecule has 18 heavy (non-hydrogen) atoms. The first-order valence-corrected chi connectivity index (χ1v) is 5.46. The van der Waals surface area contributed by atoms with E-state index in [0.29, 0.717) is 17.4 Å². The summed E-state index contributed by atoms with van der Waals surface area (Å²) in [4.78, 5) is 22.5. The molecule has 0 aliphatic carbocycles. The first kappa shape index (κ1) is 12.1. The molecule has 0 saturated heterocycles. The molecule has 1 aromatic carbocycles. The summed E-state index contributed by atoms with van der Waals surface area (Å²) in [5.41, 5.74) is -0.474. The van der Waals surface area contributed by atoms with Crippen LogP contribution in [0, 0.1) is 0 Å². The highest BCUT2D eigenvalue weighted by Gasteiger charge is 2.10. The Labute approximate surface area is 102 Å². The summed E-state index contributed by atoms with van der Waals surface area (Å²) < 4.78 is 6.15. The molecule has 0 N–H and O–H groups in total. The smallest absolute Gasteiger partial charge is 0.275 e. The molecule has 94 valence electrons. The molecule has 0 bridgehead atoms. The lowest BCUT2D eigenvalue weighted by Crippen LogP contribution is -2.34. The summed E-state index contributed by atoms with van der Waals surface area (Å²) in [5.74, 6) is -1.13. The van der Waals surface area contributed by atoms with Crippen molar-refractivity contribution in [2.45, 2.75) is 13.5 Å². The Morgan fingerprint density at radius 1 is 1.39 bits per heavy atom. The standard InChI is InChI=1S/C12H12N2O4/c1-2-18-11-8-5-3-4-6-9(8)12(17)14(13-11)7-10(15)16/h3-6H,2,7H2,1H3,(H,15,16)/p-1. The fraction of sp³-hybridized carbons (Fsp3) is 0.250. The number of nitrogens with zero attached hydrogens (tertiary/aromatic N) is 2. The number of rotatable bonds is 4. The third kappa shape index (κ3) is 2.17. The highest BCUT2D eigenvalue weighted by atomic mass is 16.5. The van der Waals surface area contributed by atoms with Gasteiger partial charge in [0.15, 0.2) is 0 Å². The van der Waals surface area contributed by atoms with E-state index in [1.807, 2.05) is 0 Å². The number of carboxylic acids is 1. The van der Waals surface area contributed by atoms with Crippen molar-refractivity contribution in [1.82, 2.24) is 9.78 Å². The molecular formula is C12H11N2O4-. The van der Waals surface area contributed by atoms with Crippen LogP contribution < -0.4 is 15.4 Å². The Balaban J connectivity index is 2.70. The van der Waals surface area contributed by atoms with Gasteiger partial charge in [-0.1, -0.05) is 12.1 Å². The minimum atomic E-state index is -1.37. The lowest BCUT2D eigenvalue weighted by Gasteiger charge is -2.11. The second kappa shape index (κ2) is 4.87. The fourth-order valence-corrected chi connectivity index (χ4v) is 1.68. The third-order valence-corrected chi connectivity index (χ3v) is 2.39. The van der Waals surface area contributed by atoms with Gasteiger partial charge in [-0.05, 0) is 19.1 Å². The van der Waals surface area contributed by atoms with Gasteiger partial charge in [0.1, 0.15) is 0 Å². The van der Waals surface area contributed by atoms with E-state index in [0.717, 1.165) is 4.68 Å². The Morgan fingerprint density at radius 2 is 2.06 bits per heavy atom. The van der Waals surface area contributed by atoms with Gasteiger partial charge < -0.3 is 14.6 Å². The number of aliphatic carboxylic acids is 1. The van der Waals surface area contributed by atoms with E-state index in [-0.39, 0.29) is 5.88 Å². The van der Waals surface area contributed by atoms with Crippen LogP contribution in [-0.2, 0) is 11.3 Å². The number of carboxylic acid groups (broad SMARTS) is 1. The van der Waals surface area contributed by atoms with Crippen molar-refractivity contribution in [3.63, 3.8) is 0 Å². The van der Waals surface area contributed by atoms with Gasteiger partial charge in [-0.25, -0.2) is 4.68 Å². The number of fused-ring (bicyclic) bond motifs is 1. The quantitative estimate of drug-likeness (QED) is 0.730. The zero-order valence-electron chi connectivity index (χ0n) is 9.75. The van der Waals surface area contributed by atoms with E-state index >= 15 is 0 Å². The first-order valence-electron chi connectivity index (χ1n) is 5.46. The average Bonchev–Trinajstić information content (AvgIpc) is 2.35. The van der Waals surface area contributed by atoms with Gasteiger partial charge in [0, 0.05) is 0 Å². The Morgan fingerprint density at radius 3 is 2.67 bits per heavy atom. The summed E-state index contributed by atoms with van der Waals surface area (Å²) in [6, 6.07) is 6.77. The number of benzene rings is 1. The Bertz CT molecular complexity index is 648. The van der Waals surface area contributed by atoms with Crippen molar-refractivity contribution in [2.24, 2.45) is 0 Å². The van der Waals surface area contributed by atoms with Crippen molar-refractivity contribution in [2.75, 3.05) is 6.61 Å². The largest absolute Gasteiger partial charge is 0.548 e. The number of aromatic nitrogens is 2. The van der Waals surface area contributed by atoms with Crippen LogP contribution in [0.15, 0.2) is 29.1 Å². The van der Waals surface area contributed by atoms with Gasteiger partial charge in [-0.3, -0.25) is 4.79 Å². The molecule has 6 nitrogen and oxygen atoms in total. The predicted octanol–water partition coefficient (Wildman–Crippen LogP) is -0.455. The number of carbonyl (C=O) groups excluding carboxylic acids is 1. The normalized spacial score (nSPS) is 10.5. The summed E-state index contributed by atoms with van der Waals surface area (Å²) in [5, 5.41) is 15.4. The van der Waals surface area contributed by atoms with Crippen LogP contribution in [0.5, 0.6) is 5.88 Å². The van der Waals surface area contributed by atoms with Gasteiger partial charge in [0.2, 0.25) is 5.88 Å². The van der Waals surface area contributed by atoms with Gasteiger partial charge in [0.25, 0.3) is 5.56 Å². The zero-order valence-corrected chi connectivity index (χ0v) is 9.75. The van der Waals surface area contributed by atoms with Crippen molar-refractivity contribution >= 4 is 16.7 Å². The minimum absolute atomic E-state index is 0.244. The van der Waals surface area contributed by atoms with Gasteiger partial charge >= 0.3 is 0 Å². The van der Waals surface area contributed by atoms with E-state index in [1.165, 1.54) is 0 Å². The van der Waals surface area contributed by atoms with Crippen molar-refractivity contribution in [1.29, 1.82) is 0 Å². The molecule has 0 saturated carbocycles. The molecule has 0 unspecified atom stereocenters. The lowest BCUT2D eigenvalue weighted by molar-refractivity contribution is -0.306. The van der Waals surface area contributed by atoms with E-state index in [9.17, 15) is 14.7 Å². The van der Waals surface area contributed by atoms with Gasteiger partial charge in [0.05, 0.1) is 29.9 Å². The molecule has 1 aromatic heterocycles. The molecule has 0 radical (unpaired) electrons. The fourth-order valence-electron chi connectivity index (χ4n) is 1.68. The van der Waals surface area contributed by atoms with Crippen LogP contribution >= 0.6 is 0 Å². The molecule has 6 heteroatoms. The van der Waals surface area contributed by atoms with E-state index in [4.69, 9.17) is 4.74 Å². The molecule has 0 aliphatic heterocycles. The van der Waals surface area contributed by atoms with Crippen LogP contribution in [-0.4, -0.2) is 22.4 Å². The van der Waals surface area contributed by atoms with Crippen molar-refractivity contribution in [3.05, 3.63) is 34.6 Å². The average molecular weight is 247 g/mol.